The molecular weight excluding hydrogens is 244 g/mol. The maximum Gasteiger partial charge on any atom is 0.0538 e. The molecule has 5 heteroatoms. The monoisotopic (exact) mass is 264 g/mol. The van der Waals surface area contributed by atoms with Crippen molar-refractivity contribution in [3.63, 3.8) is 0 Å². The SMILES string of the molecule is CCn1cc(C(CCCc2cccs2)NN)cn1. The number of rotatable bonds is 7. The lowest BCUT2D eigenvalue weighted by Gasteiger charge is -2.13. The first-order valence-electron chi connectivity index (χ1n) is 6.34. The van der Waals surface area contributed by atoms with Crippen molar-refractivity contribution >= 4 is 11.3 Å². The van der Waals surface area contributed by atoms with Crippen LogP contribution in [0.1, 0.15) is 36.2 Å². The fraction of sp³-hybridized carbons (Fsp3) is 0.462. The number of hydrogen-bond donors (Lipinski definition) is 2. The highest BCUT2D eigenvalue weighted by molar-refractivity contribution is 7.09. The second kappa shape index (κ2) is 6.68. The Bertz CT molecular complexity index is 449. The first-order valence-corrected chi connectivity index (χ1v) is 7.22. The molecule has 3 N–H and O–H groups in total. The van der Waals surface area contributed by atoms with Gasteiger partial charge in [-0.25, -0.2) is 0 Å². The van der Waals surface area contributed by atoms with Gasteiger partial charge in [-0.05, 0) is 37.6 Å². The average Bonchev–Trinajstić information content (AvgIpc) is 3.05. The molecule has 0 aromatic carbocycles. The number of hydrazine groups is 1. The molecule has 0 saturated carbocycles. The van der Waals surface area contributed by atoms with E-state index in [1.165, 1.54) is 10.4 Å². The maximum absolute atomic E-state index is 5.63. The van der Waals surface area contributed by atoms with Gasteiger partial charge in [0.25, 0.3) is 0 Å². The van der Waals surface area contributed by atoms with E-state index in [2.05, 4.69) is 41.2 Å². The molecule has 18 heavy (non-hydrogen) atoms. The highest BCUT2D eigenvalue weighted by Gasteiger charge is 2.11. The number of nitrogens with two attached hydrogens (primary N) is 1. The third kappa shape index (κ3) is 3.41. The van der Waals surface area contributed by atoms with Gasteiger partial charge in [0.05, 0.1) is 6.20 Å². The highest BCUT2D eigenvalue weighted by Crippen LogP contribution is 2.19. The van der Waals surface area contributed by atoms with Crippen LogP contribution in [0.5, 0.6) is 0 Å². The molecule has 1 atom stereocenters. The lowest BCUT2D eigenvalue weighted by atomic mass is 10.0. The van der Waals surface area contributed by atoms with Gasteiger partial charge in [0.1, 0.15) is 0 Å². The summed E-state index contributed by atoms with van der Waals surface area (Å²) in [6, 6.07) is 4.49. The summed E-state index contributed by atoms with van der Waals surface area (Å²) in [6.45, 7) is 2.98. The van der Waals surface area contributed by atoms with Crippen molar-refractivity contribution in [1.29, 1.82) is 0 Å². The largest absolute Gasteiger partial charge is 0.273 e. The van der Waals surface area contributed by atoms with Crippen molar-refractivity contribution in [2.45, 2.75) is 38.8 Å². The lowest BCUT2D eigenvalue weighted by Crippen LogP contribution is -2.27. The summed E-state index contributed by atoms with van der Waals surface area (Å²) in [5.74, 6) is 5.63. The Labute approximate surface area is 112 Å². The highest BCUT2D eigenvalue weighted by atomic mass is 32.1. The van der Waals surface area contributed by atoms with Crippen LogP contribution in [0.3, 0.4) is 0 Å². The fourth-order valence-electron chi connectivity index (χ4n) is 2.01. The molecule has 0 bridgehead atoms. The summed E-state index contributed by atoms with van der Waals surface area (Å²) in [5, 5.41) is 6.41. The number of aromatic nitrogens is 2. The Morgan fingerprint density at radius 2 is 2.44 bits per heavy atom. The van der Waals surface area contributed by atoms with Crippen LogP contribution in [0.2, 0.25) is 0 Å². The van der Waals surface area contributed by atoms with Crippen molar-refractivity contribution in [3.8, 4) is 0 Å². The number of hydrogen-bond acceptors (Lipinski definition) is 4. The minimum atomic E-state index is 0.199. The van der Waals surface area contributed by atoms with Crippen LogP contribution >= 0.6 is 11.3 Å². The van der Waals surface area contributed by atoms with Gasteiger partial charge in [0.2, 0.25) is 0 Å². The van der Waals surface area contributed by atoms with Crippen molar-refractivity contribution in [1.82, 2.24) is 15.2 Å². The minimum Gasteiger partial charge on any atom is -0.273 e. The van der Waals surface area contributed by atoms with E-state index in [1.807, 2.05) is 22.2 Å². The summed E-state index contributed by atoms with van der Waals surface area (Å²) >= 11 is 1.82. The second-order valence-electron chi connectivity index (χ2n) is 4.32. The molecule has 0 aliphatic carbocycles. The van der Waals surface area contributed by atoms with E-state index >= 15 is 0 Å². The van der Waals surface area contributed by atoms with E-state index in [0.717, 1.165) is 25.8 Å². The third-order valence-electron chi connectivity index (χ3n) is 3.08. The van der Waals surface area contributed by atoms with Gasteiger partial charge in [-0.3, -0.25) is 16.0 Å². The molecule has 2 rings (SSSR count). The van der Waals surface area contributed by atoms with Crippen LogP contribution in [0.15, 0.2) is 29.9 Å². The number of nitrogens with zero attached hydrogens (tertiary/aromatic N) is 2. The van der Waals surface area contributed by atoms with Crippen molar-refractivity contribution in [2.75, 3.05) is 0 Å². The summed E-state index contributed by atoms with van der Waals surface area (Å²) < 4.78 is 1.93. The van der Waals surface area contributed by atoms with Gasteiger partial charge in [0.15, 0.2) is 0 Å². The second-order valence-corrected chi connectivity index (χ2v) is 5.35. The van der Waals surface area contributed by atoms with Gasteiger partial charge in [0, 0.05) is 29.2 Å². The van der Waals surface area contributed by atoms with Crippen LogP contribution in [0.4, 0.5) is 0 Å². The third-order valence-corrected chi connectivity index (χ3v) is 4.01. The molecule has 2 heterocycles. The molecule has 0 radical (unpaired) electrons. The molecule has 0 saturated heterocycles. The molecule has 0 amide bonds. The van der Waals surface area contributed by atoms with E-state index in [0.29, 0.717) is 0 Å². The van der Waals surface area contributed by atoms with Crippen LogP contribution in [0.25, 0.3) is 0 Å². The van der Waals surface area contributed by atoms with E-state index in [9.17, 15) is 0 Å². The minimum absolute atomic E-state index is 0.199. The average molecular weight is 264 g/mol. The van der Waals surface area contributed by atoms with Crippen LogP contribution < -0.4 is 11.3 Å². The molecular formula is C13H20N4S. The maximum atomic E-state index is 5.63. The van der Waals surface area contributed by atoms with Gasteiger partial charge in [-0.2, -0.15) is 5.10 Å². The Morgan fingerprint density at radius 3 is 3.06 bits per heavy atom. The van der Waals surface area contributed by atoms with Crippen molar-refractivity contribution in [3.05, 3.63) is 40.3 Å². The molecule has 0 aliphatic heterocycles. The zero-order chi connectivity index (χ0) is 12.8. The Balaban J connectivity index is 1.85. The Morgan fingerprint density at radius 1 is 1.56 bits per heavy atom. The Hall–Kier alpha value is -1.17. The summed E-state index contributed by atoms with van der Waals surface area (Å²) in [4.78, 5) is 1.44. The fourth-order valence-corrected chi connectivity index (χ4v) is 2.77. The van der Waals surface area contributed by atoms with Gasteiger partial charge < -0.3 is 0 Å². The Kier molecular flexibility index (Phi) is 4.92. The van der Waals surface area contributed by atoms with Crippen LogP contribution in [0, 0.1) is 0 Å². The molecule has 2 aromatic heterocycles. The number of thiophene rings is 1. The quantitative estimate of drug-likeness (QED) is 0.597. The predicted octanol–water partition coefficient (Wildman–Crippen LogP) is 2.49. The standard InChI is InChI=1S/C13H20N4S/c1-2-17-10-11(9-15-17)13(16-14)7-3-5-12-6-4-8-18-12/h4,6,8-10,13,16H,2-3,5,7,14H2,1H3. The van der Waals surface area contributed by atoms with Crippen molar-refractivity contribution in [2.24, 2.45) is 5.84 Å². The predicted molar refractivity (Wildman–Crippen MR) is 75.2 cm³/mol. The molecule has 0 fully saturated rings. The zero-order valence-electron chi connectivity index (χ0n) is 10.7. The summed E-state index contributed by atoms with van der Waals surface area (Å²) in [6.07, 6.45) is 7.25. The zero-order valence-corrected chi connectivity index (χ0v) is 11.5. The van der Waals surface area contributed by atoms with Gasteiger partial charge in [-0.15, -0.1) is 11.3 Å². The lowest BCUT2D eigenvalue weighted by molar-refractivity contribution is 0.498. The normalized spacial score (nSPS) is 12.8. The van der Waals surface area contributed by atoms with Crippen LogP contribution in [-0.4, -0.2) is 9.78 Å². The van der Waals surface area contributed by atoms with Gasteiger partial charge >= 0.3 is 0 Å². The molecule has 98 valence electrons. The first-order chi connectivity index (χ1) is 8.83. The van der Waals surface area contributed by atoms with Crippen LogP contribution in [-0.2, 0) is 13.0 Å². The van der Waals surface area contributed by atoms with E-state index in [1.54, 1.807) is 0 Å². The summed E-state index contributed by atoms with van der Waals surface area (Å²) in [5.41, 5.74) is 4.06. The molecule has 0 aliphatic rings. The smallest absolute Gasteiger partial charge is 0.0538 e. The first kappa shape index (κ1) is 13.3. The molecule has 0 spiro atoms. The van der Waals surface area contributed by atoms with E-state index in [4.69, 9.17) is 5.84 Å². The van der Waals surface area contributed by atoms with E-state index in [-0.39, 0.29) is 6.04 Å². The number of nitrogens with one attached hydrogen (secondary N) is 1. The topological polar surface area (TPSA) is 55.9 Å². The molecule has 1 unspecified atom stereocenters. The molecule has 4 nitrogen and oxygen atoms in total. The van der Waals surface area contributed by atoms with Crippen molar-refractivity contribution < 1.29 is 0 Å². The van der Waals surface area contributed by atoms with Gasteiger partial charge in [-0.1, -0.05) is 6.07 Å². The number of aryl methyl sites for hydroxylation is 2. The van der Waals surface area contributed by atoms with E-state index < -0.39 is 0 Å². The molecule has 2 aromatic rings. The summed E-state index contributed by atoms with van der Waals surface area (Å²) in [7, 11) is 0.